The van der Waals surface area contributed by atoms with E-state index in [0.29, 0.717) is 18.1 Å². The second-order valence-electron chi connectivity index (χ2n) is 7.95. The Balaban J connectivity index is 1.63. The monoisotopic (exact) mass is 326 g/mol. The lowest BCUT2D eigenvalue weighted by Gasteiger charge is -2.30. The maximum atomic E-state index is 12.1. The molecule has 1 N–H and O–H groups in total. The zero-order chi connectivity index (χ0) is 16.9. The van der Waals surface area contributed by atoms with Gasteiger partial charge in [-0.15, -0.1) is 0 Å². The SMILES string of the molecule is CCC1CC(NCCC2CCN(C(=O)OC(C)(C)C)C2)CCO1. The van der Waals surface area contributed by atoms with E-state index in [1.54, 1.807) is 0 Å². The van der Waals surface area contributed by atoms with Crippen molar-refractivity contribution in [1.82, 2.24) is 10.2 Å². The van der Waals surface area contributed by atoms with Crippen LogP contribution >= 0.6 is 0 Å². The highest BCUT2D eigenvalue weighted by Gasteiger charge is 2.29. The Morgan fingerprint density at radius 1 is 1.35 bits per heavy atom. The van der Waals surface area contributed by atoms with Crippen LogP contribution in [0.4, 0.5) is 4.79 Å². The number of likely N-dealkylation sites (tertiary alicyclic amines) is 1. The van der Waals surface area contributed by atoms with Gasteiger partial charge < -0.3 is 19.7 Å². The summed E-state index contributed by atoms with van der Waals surface area (Å²) >= 11 is 0. The predicted octanol–water partition coefficient (Wildman–Crippen LogP) is 3.18. The minimum absolute atomic E-state index is 0.164. The van der Waals surface area contributed by atoms with E-state index in [0.717, 1.165) is 58.3 Å². The van der Waals surface area contributed by atoms with E-state index >= 15 is 0 Å². The van der Waals surface area contributed by atoms with Gasteiger partial charge in [0.1, 0.15) is 5.60 Å². The molecular weight excluding hydrogens is 292 g/mol. The fraction of sp³-hybridized carbons (Fsp3) is 0.944. The largest absolute Gasteiger partial charge is 0.444 e. The van der Waals surface area contributed by atoms with Crippen LogP contribution in [-0.4, -0.2) is 55.0 Å². The van der Waals surface area contributed by atoms with Crippen molar-refractivity contribution in [2.75, 3.05) is 26.2 Å². The topological polar surface area (TPSA) is 50.8 Å². The van der Waals surface area contributed by atoms with Gasteiger partial charge in [-0.1, -0.05) is 6.92 Å². The molecule has 0 spiro atoms. The summed E-state index contributed by atoms with van der Waals surface area (Å²) in [6, 6.07) is 0.595. The summed E-state index contributed by atoms with van der Waals surface area (Å²) < 4.78 is 11.2. The van der Waals surface area contributed by atoms with Crippen LogP contribution in [0.1, 0.15) is 59.8 Å². The second kappa shape index (κ2) is 8.34. The average molecular weight is 326 g/mol. The molecule has 5 heteroatoms. The van der Waals surface area contributed by atoms with Crippen molar-refractivity contribution in [1.29, 1.82) is 0 Å². The maximum Gasteiger partial charge on any atom is 0.410 e. The zero-order valence-electron chi connectivity index (χ0n) is 15.3. The molecule has 0 saturated carbocycles. The molecule has 2 saturated heterocycles. The number of hydrogen-bond donors (Lipinski definition) is 1. The van der Waals surface area contributed by atoms with Gasteiger partial charge in [-0.3, -0.25) is 0 Å². The van der Waals surface area contributed by atoms with E-state index in [1.807, 2.05) is 25.7 Å². The van der Waals surface area contributed by atoms with Crippen LogP contribution in [0.2, 0.25) is 0 Å². The van der Waals surface area contributed by atoms with Gasteiger partial charge in [-0.05, 0) is 65.3 Å². The molecule has 1 amide bonds. The Bertz CT molecular complexity index is 381. The maximum absolute atomic E-state index is 12.1. The van der Waals surface area contributed by atoms with Crippen LogP contribution in [0.25, 0.3) is 0 Å². The third kappa shape index (κ3) is 6.30. The van der Waals surface area contributed by atoms with Gasteiger partial charge >= 0.3 is 6.09 Å². The molecule has 3 atom stereocenters. The molecule has 2 aliphatic heterocycles. The Kier molecular flexibility index (Phi) is 6.72. The summed E-state index contributed by atoms with van der Waals surface area (Å²) in [5, 5.41) is 3.68. The lowest BCUT2D eigenvalue weighted by atomic mass is 10.0. The summed E-state index contributed by atoms with van der Waals surface area (Å²) in [6.07, 6.45) is 5.83. The quantitative estimate of drug-likeness (QED) is 0.843. The van der Waals surface area contributed by atoms with Crippen LogP contribution in [0, 0.1) is 5.92 Å². The molecule has 0 radical (unpaired) electrons. The number of nitrogens with one attached hydrogen (secondary N) is 1. The number of hydrogen-bond acceptors (Lipinski definition) is 4. The minimum atomic E-state index is -0.407. The first-order valence-corrected chi connectivity index (χ1v) is 9.20. The van der Waals surface area contributed by atoms with Crippen LogP contribution in [0.15, 0.2) is 0 Å². The van der Waals surface area contributed by atoms with Gasteiger partial charge in [0, 0.05) is 25.7 Å². The van der Waals surface area contributed by atoms with Gasteiger partial charge in [0.25, 0.3) is 0 Å². The summed E-state index contributed by atoms with van der Waals surface area (Å²) in [5.41, 5.74) is -0.407. The van der Waals surface area contributed by atoms with Crippen molar-refractivity contribution >= 4 is 6.09 Å². The average Bonchev–Trinajstić information content (AvgIpc) is 2.95. The molecule has 0 aromatic rings. The number of nitrogens with zero attached hydrogens (tertiary/aromatic N) is 1. The second-order valence-corrected chi connectivity index (χ2v) is 7.95. The molecule has 2 heterocycles. The van der Waals surface area contributed by atoms with Gasteiger partial charge in [-0.25, -0.2) is 4.79 Å². The third-order valence-corrected chi connectivity index (χ3v) is 4.75. The Hall–Kier alpha value is -0.810. The van der Waals surface area contributed by atoms with Crippen molar-refractivity contribution < 1.29 is 14.3 Å². The van der Waals surface area contributed by atoms with Crippen LogP contribution < -0.4 is 5.32 Å². The van der Waals surface area contributed by atoms with Crippen molar-refractivity contribution in [3.8, 4) is 0 Å². The summed E-state index contributed by atoms with van der Waals surface area (Å²) in [7, 11) is 0. The summed E-state index contributed by atoms with van der Waals surface area (Å²) in [5.74, 6) is 0.594. The number of amides is 1. The van der Waals surface area contributed by atoms with E-state index in [2.05, 4.69) is 12.2 Å². The molecule has 0 aromatic heterocycles. The van der Waals surface area contributed by atoms with Crippen LogP contribution in [-0.2, 0) is 9.47 Å². The number of rotatable bonds is 5. The molecule has 2 fully saturated rings. The van der Waals surface area contributed by atoms with Gasteiger partial charge in [0.2, 0.25) is 0 Å². The summed E-state index contributed by atoms with van der Waals surface area (Å²) in [6.45, 7) is 11.5. The fourth-order valence-electron chi connectivity index (χ4n) is 3.40. The molecule has 3 unspecified atom stereocenters. The zero-order valence-corrected chi connectivity index (χ0v) is 15.3. The highest BCUT2D eigenvalue weighted by atomic mass is 16.6. The molecule has 0 aromatic carbocycles. The Morgan fingerprint density at radius 3 is 2.83 bits per heavy atom. The fourth-order valence-corrected chi connectivity index (χ4v) is 3.40. The highest BCUT2D eigenvalue weighted by Crippen LogP contribution is 2.22. The molecular formula is C18H34N2O3. The van der Waals surface area contributed by atoms with E-state index in [4.69, 9.17) is 9.47 Å². The summed E-state index contributed by atoms with van der Waals surface area (Å²) in [4.78, 5) is 13.9. The van der Waals surface area contributed by atoms with Gasteiger partial charge in [-0.2, -0.15) is 0 Å². The minimum Gasteiger partial charge on any atom is -0.444 e. The van der Waals surface area contributed by atoms with Crippen LogP contribution in [0.5, 0.6) is 0 Å². The molecule has 0 aliphatic carbocycles. The van der Waals surface area contributed by atoms with Gasteiger partial charge in [0.05, 0.1) is 6.10 Å². The highest BCUT2D eigenvalue weighted by molar-refractivity contribution is 5.68. The lowest BCUT2D eigenvalue weighted by Crippen LogP contribution is -2.39. The van der Waals surface area contributed by atoms with Crippen molar-refractivity contribution in [2.24, 2.45) is 5.92 Å². The van der Waals surface area contributed by atoms with Crippen molar-refractivity contribution in [3.05, 3.63) is 0 Å². The lowest BCUT2D eigenvalue weighted by molar-refractivity contribution is -0.000181. The van der Waals surface area contributed by atoms with Crippen LogP contribution in [0.3, 0.4) is 0 Å². The molecule has 134 valence electrons. The first-order valence-electron chi connectivity index (χ1n) is 9.20. The van der Waals surface area contributed by atoms with E-state index in [1.165, 1.54) is 0 Å². The van der Waals surface area contributed by atoms with Crippen molar-refractivity contribution in [2.45, 2.75) is 77.5 Å². The standard InChI is InChI=1S/C18H34N2O3/c1-5-16-12-15(8-11-22-16)19-9-6-14-7-10-20(13-14)17(21)23-18(2,3)4/h14-16,19H,5-13H2,1-4H3. The number of carbonyl (C=O) groups is 1. The number of carbonyl (C=O) groups excluding carboxylic acids is 1. The van der Waals surface area contributed by atoms with E-state index in [9.17, 15) is 4.79 Å². The molecule has 23 heavy (non-hydrogen) atoms. The number of ether oxygens (including phenoxy) is 2. The molecule has 0 bridgehead atoms. The Labute approximate surface area is 141 Å². The van der Waals surface area contributed by atoms with E-state index in [-0.39, 0.29) is 6.09 Å². The molecule has 5 nitrogen and oxygen atoms in total. The Morgan fingerprint density at radius 2 is 2.13 bits per heavy atom. The molecule has 2 aliphatic rings. The smallest absolute Gasteiger partial charge is 0.410 e. The first kappa shape index (κ1) is 18.5. The van der Waals surface area contributed by atoms with E-state index < -0.39 is 5.60 Å². The normalized spacial score (nSPS) is 28.9. The first-order chi connectivity index (χ1) is 10.9. The van der Waals surface area contributed by atoms with Crippen molar-refractivity contribution in [3.63, 3.8) is 0 Å². The molecule has 2 rings (SSSR count). The predicted molar refractivity (Wildman–Crippen MR) is 91.6 cm³/mol. The third-order valence-electron chi connectivity index (χ3n) is 4.75. The van der Waals surface area contributed by atoms with Gasteiger partial charge in [0.15, 0.2) is 0 Å².